The molecule has 3 aromatic rings. The standard InChI is InChI=1S/C22H26N2O2S/c1-14-8-9-21(26-5)19(11-14)16(3)23-22(25)20-12-15(2)24(17(20)4)13-18-7-6-10-27-18/h6-12,16H,13H2,1-5H3,(H,23,25). The zero-order chi connectivity index (χ0) is 19.6. The third-order valence-corrected chi connectivity index (χ3v) is 5.77. The Balaban J connectivity index is 1.81. The van der Waals surface area contributed by atoms with Crippen molar-refractivity contribution in [1.29, 1.82) is 0 Å². The Morgan fingerprint density at radius 2 is 2.00 bits per heavy atom. The van der Waals surface area contributed by atoms with Crippen LogP contribution in [0.3, 0.4) is 0 Å². The van der Waals surface area contributed by atoms with Crippen LogP contribution in [-0.4, -0.2) is 17.6 Å². The van der Waals surface area contributed by atoms with Gasteiger partial charge in [-0.1, -0.05) is 23.8 Å². The quantitative estimate of drug-likeness (QED) is 0.650. The molecule has 1 atom stereocenters. The van der Waals surface area contributed by atoms with Crippen LogP contribution >= 0.6 is 11.3 Å². The van der Waals surface area contributed by atoms with E-state index in [4.69, 9.17) is 4.74 Å². The van der Waals surface area contributed by atoms with Crippen LogP contribution in [0, 0.1) is 20.8 Å². The maximum Gasteiger partial charge on any atom is 0.253 e. The van der Waals surface area contributed by atoms with E-state index in [1.165, 1.54) is 4.88 Å². The van der Waals surface area contributed by atoms with E-state index in [1.807, 2.05) is 45.9 Å². The summed E-state index contributed by atoms with van der Waals surface area (Å²) in [7, 11) is 1.65. The average molecular weight is 383 g/mol. The fourth-order valence-corrected chi connectivity index (χ4v) is 4.07. The number of ether oxygens (including phenoxy) is 1. The van der Waals surface area contributed by atoms with Crippen molar-refractivity contribution >= 4 is 17.2 Å². The number of aryl methyl sites for hydroxylation is 2. The minimum atomic E-state index is -0.146. The van der Waals surface area contributed by atoms with Gasteiger partial charge in [-0.2, -0.15) is 0 Å². The van der Waals surface area contributed by atoms with Crippen molar-refractivity contribution in [3.8, 4) is 5.75 Å². The molecule has 0 bridgehead atoms. The Morgan fingerprint density at radius 3 is 2.67 bits per heavy atom. The van der Waals surface area contributed by atoms with Crippen molar-refractivity contribution < 1.29 is 9.53 Å². The van der Waals surface area contributed by atoms with Gasteiger partial charge < -0.3 is 14.6 Å². The molecule has 0 spiro atoms. The summed E-state index contributed by atoms with van der Waals surface area (Å²) in [6, 6.07) is 12.0. The lowest BCUT2D eigenvalue weighted by Crippen LogP contribution is -2.27. The van der Waals surface area contributed by atoms with E-state index in [1.54, 1.807) is 18.4 Å². The first-order valence-corrected chi connectivity index (χ1v) is 9.93. The zero-order valence-electron chi connectivity index (χ0n) is 16.5. The molecule has 0 saturated heterocycles. The van der Waals surface area contributed by atoms with E-state index in [-0.39, 0.29) is 11.9 Å². The van der Waals surface area contributed by atoms with Crippen molar-refractivity contribution in [2.75, 3.05) is 7.11 Å². The molecule has 1 aromatic carbocycles. The number of amides is 1. The number of thiophene rings is 1. The fraction of sp³-hybridized carbons (Fsp3) is 0.318. The van der Waals surface area contributed by atoms with Crippen molar-refractivity contribution in [1.82, 2.24) is 9.88 Å². The Morgan fingerprint density at radius 1 is 1.22 bits per heavy atom. The van der Waals surface area contributed by atoms with Crippen LogP contribution in [0.2, 0.25) is 0 Å². The molecule has 5 heteroatoms. The van der Waals surface area contributed by atoms with Gasteiger partial charge in [0, 0.05) is 21.8 Å². The number of rotatable bonds is 6. The van der Waals surface area contributed by atoms with E-state index in [2.05, 4.69) is 33.5 Å². The first-order chi connectivity index (χ1) is 12.9. The van der Waals surface area contributed by atoms with Crippen LogP contribution in [0.4, 0.5) is 0 Å². The number of methoxy groups -OCH3 is 1. The highest BCUT2D eigenvalue weighted by atomic mass is 32.1. The molecule has 0 fully saturated rings. The molecule has 1 unspecified atom stereocenters. The number of benzene rings is 1. The van der Waals surface area contributed by atoms with Crippen LogP contribution in [0.15, 0.2) is 41.8 Å². The smallest absolute Gasteiger partial charge is 0.253 e. The van der Waals surface area contributed by atoms with Crippen LogP contribution < -0.4 is 10.1 Å². The molecule has 0 aliphatic heterocycles. The number of aromatic nitrogens is 1. The number of carbonyl (C=O) groups is 1. The van der Waals surface area contributed by atoms with Crippen LogP contribution in [-0.2, 0) is 6.54 Å². The second-order valence-corrected chi connectivity index (χ2v) is 7.92. The lowest BCUT2D eigenvalue weighted by atomic mass is 10.0. The monoisotopic (exact) mass is 382 g/mol. The summed E-state index contributed by atoms with van der Waals surface area (Å²) < 4.78 is 7.65. The normalized spacial score (nSPS) is 12.0. The maximum absolute atomic E-state index is 12.9. The molecule has 0 saturated carbocycles. The second-order valence-electron chi connectivity index (χ2n) is 6.89. The van der Waals surface area contributed by atoms with Gasteiger partial charge >= 0.3 is 0 Å². The maximum atomic E-state index is 12.9. The average Bonchev–Trinajstić information content (AvgIpc) is 3.25. The third kappa shape index (κ3) is 4.08. The van der Waals surface area contributed by atoms with E-state index in [0.29, 0.717) is 0 Å². The van der Waals surface area contributed by atoms with E-state index in [9.17, 15) is 4.79 Å². The van der Waals surface area contributed by atoms with Gasteiger partial charge in [-0.05, 0) is 51.3 Å². The number of hydrogen-bond acceptors (Lipinski definition) is 3. The van der Waals surface area contributed by atoms with Gasteiger partial charge in [0.1, 0.15) is 5.75 Å². The molecule has 0 radical (unpaired) electrons. The minimum absolute atomic E-state index is 0.0587. The summed E-state index contributed by atoms with van der Waals surface area (Å²) in [5.41, 5.74) is 4.93. The first kappa shape index (κ1) is 19.2. The van der Waals surface area contributed by atoms with Crippen LogP contribution in [0.1, 0.15) is 50.7 Å². The lowest BCUT2D eigenvalue weighted by molar-refractivity contribution is 0.0938. The summed E-state index contributed by atoms with van der Waals surface area (Å²) in [5.74, 6) is 0.730. The highest BCUT2D eigenvalue weighted by Crippen LogP contribution is 2.27. The van der Waals surface area contributed by atoms with Gasteiger partial charge in [0.05, 0.1) is 25.3 Å². The van der Waals surface area contributed by atoms with E-state index < -0.39 is 0 Å². The van der Waals surface area contributed by atoms with Gasteiger partial charge in [-0.3, -0.25) is 4.79 Å². The number of nitrogens with zero attached hydrogens (tertiary/aromatic N) is 1. The molecule has 4 nitrogen and oxygen atoms in total. The number of nitrogens with one attached hydrogen (secondary N) is 1. The highest BCUT2D eigenvalue weighted by Gasteiger charge is 2.20. The molecule has 27 heavy (non-hydrogen) atoms. The third-order valence-electron chi connectivity index (χ3n) is 4.91. The van der Waals surface area contributed by atoms with Gasteiger partial charge in [-0.25, -0.2) is 0 Å². The Kier molecular flexibility index (Phi) is 5.71. The Hall–Kier alpha value is -2.53. The molecule has 0 aliphatic rings. The number of hydrogen-bond donors (Lipinski definition) is 1. The van der Waals surface area contributed by atoms with Crippen molar-refractivity contribution in [3.05, 3.63) is 74.7 Å². The van der Waals surface area contributed by atoms with E-state index >= 15 is 0 Å². The highest BCUT2D eigenvalue weighted by molar-refractivity contribution is 7.09. The summed E-state index contributed by atoms with van der Waals surface area (Å²) in [5, 5.41) is 5.20. The van der Waals surface area contributed by atoms with Crippen LogP contribution in [0.5, 0.6) is 5.75 Å². The number of carbonyl (C=O) groups excluding carboxylic acids is 1. The van der Waals surface area contributed by atoms with Crippen molar-refractivity contribution in [3.63, 3.8) is 0 Å². The van der Waals surface area contributed by atoms with Crippen molar-refractivity contribution in [2.24, 2.45) is 0 Å². The summed E-state index contributed by atoms with van der Waals surface area (Å²) in [6.45, 7) is 8.87. The minimum Gasteiger partial charge on any atom is -0.496 e. The van der Waals surface area contributed by atoms with Gasteiger partial charge in [-0.15, -0.1) is 11.3 Å². The molecule has 2 heterocycles. The topological polar surface area (TPSA) is 43.3 Å². The predicted octanol–water partition coefficient (Wildman–Crippen LogP) is 5.02. The molecular weight excluding hydrogens is 356 g/mol. The molecule has 0 aliphatic carbocycles. The Labute approximate surface area is 164 Å². The van der Waals surface area contributed by atoms with Crippen LogP contribution in [0.25, 0.3) is 0 Å². The van der Waals surface area contributed by atoms with Gasteiger partial charge in [0.25, 0.3) is 5.91 Å². The summed E-state index contributed by atoms with van der Waals surface area (Å²) >= 11 is 1.73. The summed E-state index contributed by atoms with van der Waals surface area (Å²) in [4.78, 5) is 14.2. The zero-order valence-corrected chi connectivity index (χ0v) is 17.3. The summed E-state index contributed by atoms with van der Waals surface area (Å²) in [6.07, 6.45) is 0. The lowest BCUT2D eigenvalue weighted by Gasteiger charge is -2.18. The molecule has 1 N–H and O–H groups in total. The molecule has 1 amide bonds. The Bertz CT molecular complexity index is 942. The molecule has 3 rings (SSSR count). The van der Waals surface area contributed by atoms with E-state index in [0.717, 1.165) is 40.4 Å². The predicted molar refractivity (Wildman–Crippen MR) is 111 cm³/mol. The molecular formula is C22H26N2O2S. The fourth-order valence-electron chi connectivity index (χ4n) is 3.38. The first-order valence-electron chi connectivity index (χ1n) is 9.05. The second kappa shape index (κ2) is 8.01. The van der Waals surface area contributed by atoms with Gasteiger partial charge in [0.2, 0.25) is 0 Å². The molecule has 2 aromatic heterocycles. The van der Waals surface area contributed by atoms with Gasteiger partial charge in [0.15, 0.2) is 0 Å². The molecule has 142 valence electrons. The SMILES string of the molecule is COc1ccc(C)cc1C(C)NC(=O)c1cc(C)n(Cc2cccs2)c1C. The largest absolute Gasteiger partial charge is 0.496 e. The van der Waals surface area contributed by atoms with Crippen molar-refractivity contribution in [2.45, 2.75) is 40.3 Å².